The number of hydrazone groups is 1. The third-order valence-electron chi connectivity index (χ3n) is 3.91. The summed E-state index contributed by atoms with van der Waals surface area (Å²) in [6.45, 7) is 0.213. The highest BCUT2D eigenvalue weighted by molar-refractivity contribution is 6.38. The molecule has 1 N–H and O–H groups in total. The average Bonchev–Trinajstić information content (AvgIpc) is 2.68. The zero-order valence-corrected chi connectivity index (χ0v) is 18.9. The van der Waals surface area contributed by atoms with Crippen LogP contribution in [0, 0.1) is 0 Å². The van der Waals surface area contributed by atoms with Crippen LogP contribution in [0.3, 0.4) is 0 Å². The number of halogens is 5. The molecular weight excluding hydrogens is 490 g/mol. The summed E-state index contributed by atoms with van der Waals surface area (Å²) in [4.78, 5) is 12.2. The van der Waals surface area contributed by atoms with Crippen LogP contribution in [0.2, 0.25) is 25.1 Å². The van der Waals surface area contributed by atoms with Crippen molar-refractivity contribution in [1.82, 2.24) is 5.43 Å². The highest BCUT2D eigenvalue weighted by Crippen LogP contribution is 2.35. The van der Waals surface area contributed by atoms with Crippen LogP contribution in [0.25, 0.3) is 0 Å². The summed E-state index contributed by atoms with van der Waals surface area (Å²) in [5.74, 6) is -0.155. The van der Waals surface area contributed by atoms with Gasteiger partial charge in [-0.3, -0.25) is 4.79 Å². The van der Waals surface area contributed by atoms with Gasteiger partial charge in [0.2, 0.25) is 0 Å². The number of benzene rings is 3. The number of hydrogen-bond donors (Lipinski definition) is 1. The van der Waals surface area contributed by atoms with Gasteiger partial charge in [-0.1, -0.05) is 76.2 Å². The van der Waals surface area contributed by atoms with Gasteiger partial charge in [0, 0.05) is 15.6 Å². The van der Waals surface area contributed by atoms with Gasteiger partial charge in [0.15, 0.2) is 5.75 Å². The molecule has 3 rings (SSSR count). The van der Waals surface area contributed by atoms with E-state index >= 15 is 0 Å². The van der Waals surface area contributed by atoms with E-state index in [1.54, 1.807) is 24.3 Å². The van der Waals surface area contributed by atoms with Crippen molar-refractivity contribution >= 4 is 70.1 Å². The van der Waals surface area contributed by atoms with Crippen molar-refractivity contribution in [2.75, 3.05) is 0 Å². The minimum atomic E-state index is -0.482. The van der Waals surface area contributed by atoms with Gasteiger partial charge in [0.05, 0.1) is 26.8 Å². The molecule has 1 amide bonds. The van der Waals surface area contributed by atoms with Crippen LogP contribution < -0.4 is 10.2 Å². The van der Waals surface area contributed by atoms with Gasteiger partial charge in [-0.2, -0.15) is 5.10 Å². The zero-order valence-electron chi connectivity index (χ0n) is 15.1. The van der Waals surface area contributed by atoms with Crippen molar-refractivity contribution in [3.05, 3.63) is 96.4 Å². The highest BCUT2D eigenvalue weighted by Gasteiger charge is 2.12. The topological polar surface area (TPSA) is 50.7 Å². The van der Waals surface area contributed by atoms with E-state index < -0.39 is 5.91 Å². The fourth-order valence-electron chi connectivity index (χ4n) is 2.46. The van der Waals surface area contributed by atoms with Crippen molar-refractivity contribution < 1.29 is 9.53 Å². The van der Waals surface area contributed by atoms with Crippen LogP contribution >= 0.6 is 58.0 Å². The highest BCUT2D eigenvalue weighted by atomic mass is 35.5. The molecule has 0 aromatic heterocycles. The van der Waals surface area contributed by atoms with E-state index in [-0.39, 0.29) is 17.2 Å². The molecule has 0 spiro atoms. The Morgan fingerprint density at radius 2 is 1.60 bits per heavy atom. The summed E-state index contributed by atoms with van der Waals surface area (Å²) in [6, 6.07) is 15.1. The molecule has 30 heavy (non-hydrogen) atoms. The number of nitrogens with zero attached hydrogens (tertiary/aromatic N) is 1. The molecule has 0 saturated carbocycles. The van der Waals surface area contributed by atoms with Gasteiger partial charge in [-0.05, 0) is 42.0 Å². The number of rotatable bonds is 6. The van der Waals surface area contributed by atoms with E-state index in [2.05, 4.69) is 10.5 Å². The molecule has 154 valence electrons. The quantitative estimate of drug-likeness (QED) is 0.284. The summed E-state index contributed by atoms with van der Waals surface area (Å²) in [5, 5.41) is 5.74. The van der Waals surface area contributed by atoms with E-state index in [0.29, 0.717) is 31.4 Å². The molecule has 0 aliphatic carbocycles. The number of hydrogen-bond acceptors (Lipinski definition) is 3. The molecule has 0 radical (unpaired) electrons. The Balaban J connectivity index is 1.67. The maximum Gasteiger partial charge on any atom is 0.272 e. The largest absolute Gasteiger partial charge is 0.486 e. The first kappa shape index (κ1) is 22.7. The SMILES string of the molecule is O=C(N/N=C\c1cc(Cl)c(OCc2ccccc2Cl)c(Cl)c1)c1ccc(Cl)cc1Cl. The van der Waals surface area contributed by atoms with Crippen molar-refractivity contribution in [3.63, 3.8) is 0 Å². The third-order valence-corrected chi connectivity index (χ3v) is 5.38. The lowest BCUT2D eigenvalue weighted by Crippen LogP contribution is -2.18. The lowest BCUT2D eigenvalue weighted by Gasteiger charge is -2.11. The maximum atomic E-state index is 12.2. The third kappa shape index (κ3) is 5.81. The molecule has 4 nitrogen and oxygen atoms in total. The maximum absolute atomic E-state index is 12.2. The van der Waals surface area contributed by atoms with Crippen molar-refractivity contribution in [2.45, 2.75) is 6.61 Å². The Morgan fingerprint density at radius 3 is 2.27 bits per heavy atom. The molecule has 0 heterocycles. The van der Waals surface area contributed by atoms with E-state index in [1.165, 1.54) is 18.3 Å². The lowest BCUT2D eigenvalue weighted by molar-refractivity contribution is 0.0955. The van der Waals surface area contributed by atoms with Crippen LogP contribution in [0.5, 0.6) is 5.75 Å². The van der Waals surface area contributed by atoms with Gasteiger partial charge in [0.1, 0.15) is 6.61 Å². The Hall–Kier alpha value is -1.95. The molecule has 3 aromatic carbocycles. The first-order chi connectivity index (χ1) is 14.3. The molecule has 0 aliphatic heterocycles. The van der Waals surface area contributed by atoms with E-state index in [1.807, 2.05) is 18.2 Å². The summed E-state index contributed by atoms with van der Waals surface area (Å²) in [7, 11) is 0. The van der Waals surface area contributed by atoms with Gasteiger partial charge in [-0.15, -0.1) is 0 Å². The lowest BCUT2D eigenvalue weighted by atomic mass is 10.2. The molecule has 9 heteroatoms. The molecule has 0 aliphatic rings. The first-order valence-electron chi connectivity index (χ1n) is 8.49. The summed E-state index contributed by atoms with van der Waals surface area (Å²) >= 11 is 30.5. The monoisotopic (exact) mass is 500 g/mol. The minimum absolute atomic E-state index is 0.213. The Bertz CT molecular complexity index is 1100. The van der Waals surface area contributed by atoms with Crippen LogP contribution in [0.15, 0.2) is 59.7 Å². The molecular formula is C21H13Cl5N2O2. The molecule has 0 saturated heterocycles. The number of carbonyl (C=O) groups excluding carboxylic acids is 1. The first-order valence-corrected chi connectivity index (χ1v) is 10.4. The van der Waals surface area contributed by atoms with Crippen LogP contribution in [0.4, 0.5) is 0 Å². The standard InChI is InChI=1S/C21H13Cl5N2O2/c22-14-5-6-15(17(24)9-14)21(29)28-27-10-12-7-18(25)20(19(26)8-12)30-11-13-3-1-2-4-16(13)23/h1-10H,11H2,(H,28,29)/b27-10-. The van der Waals surface area contributed by atoms with Crippen molar-refractivity contribution in [3.8, 4) is 5.75 Å². The minimum Gasteiger partial charge on any atom is -0.486 e. The zero-order chi connectivity index (χ0) is 21.7. The van der Waals surface area contributed by atoms with Gasteiger partial charge < -0.3 is 4.74 Å². The second-order valence-electron chi connectivity index (χ2n) is 6.02. The van der Waals surface area contributed by atoms with Gasteiger partial charge >= 0.3 is 0 Å². The average molecular weight is 503 g/mol. The number of carbonyl (C=O) groups is 1. The predicted octanol–water partition coefficient (Wildman–Crippen LogP) is 7.30. The Labute approximate surface area is 198 Å². The second-order valence-corrected chi connectivity index (χ2v) is 8.08. The molecule has 0 atom stereocenters. The van der Waals surface area contributed by atoms with E-state index in [0.717, 1.165) is 5.56 Å². The van der Waals surface area contributed by atoms with Crippen molar-refractivity contribution in [1.29, 1.82) is 0 Å². The fourth-order valence-corrected chi connectivity index (χ4v) is 3.75. The molecule has 0 fully saturated rings. The molecule has 0 bridgehead atoms. The van der Waals surface area contributed by atoms with Crippen LogP contribution in [0.1, 0.15) is 21.5 Å². The normalized spacial score (nSPS) is 11.0. The van der Waals surface area contributed by atoms with Crippen LogP contribution in [-0.2, 0) is 6.61 Å². The summed E-state index contributed by atoms with van der Waals surface area (Å²) in [6.07, 6.45) is 1.40. The number of ether oxygens (including phenoxy) is 1. The summed E-state index contributed by atoms with van der Waals surface area (Å²) < 4.78 is 5.72. The molecule has 0 unspecified atom stereocenters. The molecule has 3 aromatic rings. The van der Waals surface area contributed by atoms with Gasteiger partial charge in [0.25, 0.3) is 5.91 Å². The van der Waals surface area contributed by atoms with Crippen molar-refractivity contribution in [2.24, 2.45) is 5.10 Å². The number of amides is 1. The smallest absolute Gasteiger partial charge is 0.272 e. The van der Waals surface area contributed by atoms with E-state index in [9.17, 15) is 4.79 Å². The van der Waals surface area contributed by atoms with Gasteiger partial charge in [-0.25, -0.2) is 5.43 Å². The van der Waals surface area contributed by atoms with E-state index in [4.69, 9.17) is 62.7 Å². The van der Waals surface area contributed by atoms with Crippen LogP contribution in [-0.4, -0.2) is 12.1 Å². The summed E-state index contributed by atoms with van der Waals surface area (Å²) in [5.41, 5.74) is 4.01. The predicted molar refractivity (Wildman–Crippen MR) is 124 cm³/mol. The fraction of sp³-hybridized carbons (Fsp3) is 0.0476. The Morgan fingerprint density at radius 1 is 0.900 bits per heavy atom. The second kappa shape index (κ2) is 10.4. The number of nitrogens with one attached hydrogen (secondary N) is 1. The Kier molecular flexibility index (Phi) is 7.87.